The zero-order valence-corrected chi connectivity index (χ0v) is 9.42. The molecule has 4 heteroatoms. The second-order valence-corrected chi connectivity index (χ2v) is 3.18. The molecule has 0 heterocycles. The van der Waals surface area contributed by atoms with E-state index >= 15 is 0 Å². The summed E-state index contributed by atoms with van der Waals surface area (Å²) in [5.74, 6) is -0.707. The Morgan fingerprint density at radius 3 is 2.29 bits per heavy atom. The van der Waals surface area contributed by atoms with Crippen molar-refractivity contribution in [3.05, 3.63) is 12.7 Å². The Bertz CT molecular complexity index is 157. The molecule has 1 unspecified atom stereocenters. The maximum atomic E-state index is 12.3. The molecule has 0 aromatic heterocycles. The third-order valence-corrected chi connectivity index (χ3v) is 0.926. The van der Waals surface area contributed by atoms with Crippen molar-refractivity contribution in [1.29, 1.82) is 0 Å². The fraction of sp³-hybridized carbons (Fsp3) is 0.700. The molecule has 14 heavy (non-hydrogen) atoms. The van der Waals surface area contributed by atoms with Crippen LogP contribution < -0.4 is 0 Å². The van der Waals surface area contributed by atoms with E-state index in [0.717, 1.165) is 6.08 Å². The first-order valence-corrected chi connectivity index (χ1v) is 4.52. The minimum Gasteiger partial charge on any atom is -0.428 e. The van der Waals surface area contributed by atoms with Crippen LogP contribution in [0.3, 0.4) is 0 Å². The van der Waals surface area contributed by atoms with Crippen molar-refractivity contribution in [2.24, 2.45) is 0 Å². The second-order valence-electron chi connectivity index (χ2n) is 3.18. The molecule has 84 valence electrons. The van der Waals surface area contributed by atoms with Gasteiger partial charge in [-0.15, -0.1) is 0 Å². The van der Waals surface area contributed by atoms with Crippen LogP contribution >= 0.6 is 0 Å². The van der Waals surface area contributed by atoms with Gasteiger partial charge in [0.25, 0.3) is 0 Å². The van der Waals surface area contributed by atoms with Crippen molar-refractivity contribution in [3.63, 3.8) is 0 Å². The molecule has 0 fully saturated rings. The van der Waals surface area contributed by atoms with Gasteiger partial charge in [-0.3, -0.25) is 0 Å². The maximum Gasteiger partial charge on any atom is 0.332 e. The third kappa shape index (κ3) is 17.3. The van der Waals surface area contributed by atoms with E-state index in [1.54, 1.807) is 0 Å². The highest BCUT2D eigenvalue weighted by atomic mass is 19.1. The molecular formula is C10H20FNO2. The Balaban J connectivity index is 0. The van der Waals surface area contributed by atoms with Crippen molar-refractivity contribution in [3.8, 4) is 0 Å². The summed E-state index contributed by atoms with van der Waals surface area (Å²) in [6, 6.07) is 0. The van der Waals surface area contributed by atoms with Crippen LogP contribution in [0.15, 0.2) is 12.7 Å². The standard InChI is InChI=1S/C7H11FO2.C3H9N/c1-3-5-6(8)10-7(9)4-2;1-4(2)3/h4,6H,2-3,5H2,1H3;1-3H3. The zero-order chi connectivity index (χ0) is 11.6. The maximum absolute atomic E-state index is 12.3. The first-order chi connectivity index (χ1) is 6.43. The van der Waals surface area contributed by atoms with Crippen LogP contribution in [0, 0.1) is 0 Å². The molecule has 0 rings (SSSR count). The SMILES string of the molecule is C=CC(=O)OC(F)CCC.CN(C)C. The second kappa shape index (κ2) is 10.2. The van der Waals surface area contributed by atoms with E-state index in [1.165, 1.54) is 0 Å². The van der Waals surface area contributed by atoms with Gasteiger partial charge in [-0.25, -0.2) is 9.18 Å². The van der Waals surface area contributed by atoms with Gasteiger partial charge in [-0.05, 0) is 27.6 Å². The highest BCUT2D eigenvalue weighted by Crippen LogP contribution is 2.03. The Kier molecular flexibility index (Phi) is 11.3. The van der Waals surface area contributed by atoms with Crippen LogP contribution in [-0.4, -0.2) is 38.4 Å². The molecule has 0 aromatic rings. The fourth-order valence-electron chi connectivity index (χ4n) is 0.460. The average molecular weight is 205 g/mol. The molecule has 0 spiro atoms. The minimum absolute atomic E-state index is 0.250. The summed E-state index contributed by atoms with van der Waals surface area (Å²) in [5.41, 5.74) is 0. The summed E-state index contributed by atoms with van der Waals surface area (Å²) in [4.78, 5) is 12.3. The molecule has 0 aliphatic carbocycles. The molecule has 0 aliphatic heterocycles. The summed E-state index contributed by atoms with van der Waals surface area (Å²) in [6.07, 6.45) is 0.378. The van der Waals surface area contributed by atoms with Crippen LogP contribution in [0.4, 0.5) is 4.39 Å². The number of nitrogens with zero attached hydrogens (tertiary/aromatic N) is 1. The molecule has 0 aromatic carbocycles. The smallest absolute Gasteiger partial charge is 0.332 e. The molecule has 3 nitrogen and oxygen atoms in total. The largest absolute Gasteiger partial charge is 0.428 e. The highest BCUT2D eigenvalue weighted by Gasteiger charge is 2.07. The lowest BCUT2D eigenvalue weighted by molar-refractivity contribution is -0.152. The van der Waals surface area contributed by atoms with Gasteiger partial charge in [0.1, 0.15) is 0 Å². The summed E-state index contributed by atoms with van der Waals surface area (Å²) in [6.45, 7) is 4.95. The van der Waals surface area contributed by atoms with E-state index in [-0.39, 0.29) is 6.42 Å². The fourth-order valence-corrected chi connectivity index (χ4v) is 0.460. The zero-order valence-electron chi connectivity index (χ0n) is 9.42. The van der Waals surface area contributed by atoms with Crippen LogP contribution in [0.2, 0.25) is 0 Å². The first-order valence-electron chi connectivity index (χ1n) is 4.52. The van der Waals surface area contributed by atoms with Crippen molar-refractivity contribution in [1.82, 2.24) is 4.90 Å². The molecule has 0 saturated heterocycles. The Morgan fingerprint density at radius 2 is 2.00 bits per heavy atom. The molecule has 0 bridgehead atoms. The highest BCUT2D eigenvalue weighted by molar-refractivity contribution is 5.81. The first kappa shape index (κ1) is 15.6. The number of rotatable bonds is 4. The number of esters is 1. The number of halogens is 1. The Labute approximate surface area is 85.5 Å². The predicted octanol–water partition coefficient (Wildman–Crippen LogP) is 1.99. The lowest BCUT2D eigenvalue weighted by atomic mass is 10.3. The topological polar surface area (TPSA) is 29.5 Å². The number of carbonyl (C=O) groups is 1. The average Bonchev–Trinajstić information content (AvgIpc) is 2.03. The van der Waals surface area contributed by atoms with Gasteiger partial charge in [0.2, 0.25) is 6.36 Å². The van der Waals surface area contributed by atoms with Gasteiger partial charge in [-0.2, -0.15) is 0 Å². The minimum atomic E-state index is -1.48. The van der Waals surface area contributed by atoms with Crippen LogP contribution in [0.5, 0.6) is 0 Å². The quantitative estimate of drug-likeness (QED) is 0.519. The van der Waals surface area contributed by atoms with Crippen LogP contribution in [0.1, 0.15) is 19.8 Å². The number of alkyl halides is 1. The van der Waals surface area contributed by atoms with Crippen molar-refractivity contribution in [2.45, 2.75) is 26.1 Å². The predicted molar refractivity (Wildman–Crippen MR) is 55.7 cm³/mol. The van der Waals surface area contributed by atoms with Crippen molar-refractivity contribution in [2.75, 3.05) is 21.1 Å². The van der Waals surface area contributed by atoms with Crippen molar-refractivity contribution < 1.29 is 13.9 Å². The molecular weight excluding hydrogens is 185 g/mol. The van der Waals surface area contributed by atoms with Gasteiger partial charge in [0.05, 0.1) is 0 Å². The van der Waals surface area contributed by atoms with E-state index in [4.69, 9.17) is 0 Å². The Morgan fingerprint density at radius 1 is 1.57 bits per heavy atom. The van der Waals surface area contributed by atoms with E-state index < -0.39 is 12.3 Å². The Hall–Kier alpha value is -0.900. The normalized spacial score (nSPS) is 11.3. The summed E-state index contributed by atoms with van der Waals surface area (Å²) < 4.78 is 16.6. The van der Waals surface area contributed by atoms with E-state index in [0.29, 0.717) is 6.42 Å². The van der Waals surface area contributed by atoms with Gasteiger partial charge >= 0.3 is 5.97 Å². The molecule has 1 atom stereocenters. The lowest BCUT2D eigenvalue weighted by Gasteiger charge is -2.05. The number of ether oxygens (including phenoxy) is 1. The van der Waals surface area contributed by atoms with Gasteiger partial charge < -0.3 is 9.64 Å². The summed E-state index contributed by atoms with van der Waals surface area (Å²) in [7, 11) is 6.00. The summed E-state index contributed by atoms with van der Waals surface area (Å²) in [5, 5.41) is 0. The molecule has 0 amide bonds. The molecule has 0 saturated carbocycles. The van der Waals surface area contributed by atoms with Gasteiger partial charge in [-0.1, -0.05) is 13.5 Å². The monoisotopic (exact) mass is 205 g/mol. The van der Waals surface area contributed by atoms with Crippen LogP contribution in [-0.2, 0) is 9.53 Å². The number of carbonyl (C=O) groups excluding carboxylic acids is 1. The van der Waals surface area contributed by atoms with Crippen molar-refractivity contribution >= 4 is 5.97 Å². The van der Waals surface area contributed by atoms with E-state index in [2.05, 4.69) is 11.3 Å². The van der Waals surface area contributed by atoms with E-state index in [1.807, 2.05) is 33.0 Å². The molecule has 0 radical (unpaired) electrons. The lowest BCUT2D eigenvalue weighted by Crippen LogP contribution is -2.10. The van der Waals surface area contributed by atoms with Crippen LogP contribution in [0.25, 0.3) is 0 Å². The number of hydrogen-bond donors (Lipinski definition) is 0. The molecule has 0 N–H and O–H groups in total. The summed E-state index contributed by atoms with van der Waals surface area (Å²) >= 11 is 0. The number of hydrogen-bond acceptors (Lipinski definition) is 3. The van der Waals surface area contributed by atoms with Gasteiger partial charge in [0.15, 0.2) is 0 Å². The third-order valence-electron chi connectivity index (χ3n) is 0.926. The van der Waals surface area contributed by atoms with Gasteiger partial charge in [0, 0.05) is 12.5 Å². The van der Waals surface area contributed by atoms with E-state index in [9.17, 15) is 9.18 Å². The molecule has 0 aliphatic rings.